The predicted molar refractivity (Wildman–Crippen MR) is 121 cm³/mol. The molecule has 6 nitrogen and oxygen atoms in total. The van der Waals surface area contributed by atoms with Gasteiger partial charge in [-0.3, -0.25) is 9.59 Å². The van der Waals surface area contributed by atoms with E-state index in [2.05, 4.69) is 5.32 Å². The molecule has 31 heavy (non-hydrogen) atoms. The van der Waals surface area contributed by atoms with Crippen LogP contribution in [0.2, 0.25) is 0 Å². The van der Waals surface area contributed by atoms with Crippen molar-refractivity contribution in [2.24, 2.45) is 0 Å². The zero-order valence-corrected chi connectivity index (χ0v) is 18.7. The van der Waals surface area contributed by atoms with Crippen molar-refractivity contribution in [2.45, 2.75) is 57.3 Å². The maximum atomic E-state index is 13.7. The number of amides is 2. The minimum atomic E-state index is -0.983. The van der Waals surface area contributed by atoms with Crippen LogP contribution in [0.25, 0.3) is 10.2 Å². The Morgan fingerprint density at radius 2 is 2.06 bits per heavy atom. The summed E-state index contributed by atoms with van der Waals surface area (Å²) >= 11 is 1.62. The fourth-order valence-corrected chi connectivity index (χ4v) is 5.71. The van der Waals surface area contributed by atoms with Crippen molar-refractivity contribution in [2.75, 3.05) is 7.11 Å². The van der Waals surface area contributed by atoms with E-state index in [0.717, 1.165) is 47.2 Å². The number of methoxy groups -OCH3 is 1. The Kier molecular flexibility index (Phi) is 5.01. The van der Waals surface area contributed by atoms with Crippen LogP contribution in [0.1, 0.15) is 48.7 Å². The number of benzene rings is 1. The van der Waals surface area contributed by atoms with Crippen molar-refractivity contribution < 1.29 is 14.3 Å². The molecule has 2 aromatic heterocycles. The van der Waals surface area contributed by atoms with E-state index in [0.29, 0.717) is 18.8 Å². The molecule has 1 saturated carbocycles. The van der Waals surface area contributed by atoms with Gasteiger partial charge in [-0.05, 0) is 55.0 Å². The highest BCUT2D eigenvalue weighted by Crippen LogP contribution is 2.36. The molecule has 2 aliphatic rings. The first-order valence-electron chi connectivity index (χ1n) is 10.8. The quantitative estimate of drug-likeness (QED) is 0.651. The van der Waals surface area contributed by atoms with Gasteiger partial charge in [0.25, 0.3) is 5.91 Å². The number of ether oxygens (including phenoxy) is 1. The van der Waals surface area contributed by atoms with Gasteiger partial charge >= 0.3 is 0 Å². The van der Waals surface area contributed by atoms with Gasteiger partial charge in [0.1, 0.15) is 17.0 Å². The van der Waals surface area contributed by atoms with Gasteiger partial charge in [0.2, 0.25) is 5.91 Å². The van der Waals surface area contributed by atoms with Gasteiger partial charge in [-0.2, -0.15) is 0 Å². The second-order valence-electron chi connectivity index (χ2n) is 8.76. The van der Waals surface area contributed by atoms with E-state index < -0.39 is 5.54 Å². The number of hydrogen-bond acceptors (Lipinski definition) is 4. The fourth-order valence-electron chi connectivity index (χ4n) is 4.89. The van der Waals surface area contributed by atoms with E-state index in [4.69, 9.17) is 4.74 Å². The maximum absolute atomic E-state index is 13.7. The standard InChI is InChI=1S/C24H27N3O3S/c1-24(23(29)25-17-7-3-4-8-17)15-26-19-10-11-31-21(19)13-20(26)22(28)27(24)14-16-6-5-9-18(12-16)30-2/h5-6,9-13,17H,3-4,7-8,14-15H2,1-2H3,(H,25,29)/t24-/m1/s1. The molecule has 0 bridgehead atoms. The number of hydrogen-bond donors (Lipinski definition) is 1. The topological polar surface area (TPSA) is 63.6 Å². The zero-order chi connectivity index (χ0) is 21.6. The SMILES string of the molecule is COc1cccc(CN2C(=O)c3cc4sccc4n3C[C@]2(C)C(=O)NC2CCCC2)c1. The van der Waals surface area contributed by atoms with Gasteiger partial charge in [0.15, 0.2) is 0 Å². The molecule has 0 saturated heterocycles. The lowest BCUT2D eigenvalue weighted by molar-refractivity contribution is -0.133. The molecule has 3 aromatic rings. The summed E-state index contributed by atoms with van der Waals surface area (Å²) in [6.45, 7) is 2.69. The van der Waals surface area contributed by atoms with Crippen LogP contribution in [0, 0.1) is 0 Å². The summed E-state index contributed by atoms with van der Waals surface area (Å²) in [6, 6.07) is 11.9. The van der Waals surface area contributed by atoms with Gasteiger partial charge in [0, 0.05) is 12.6 Å². The largest absolute Gasteiger partial charge is 0.497 e. The average molecular weight is 438 g/mol. The Morgan fingerprint density at radius 1 is 1.26 bits per heavy atom. The Labute approximate surface area is 185 Å². The highest BCUT2D eigenvalue weighted by atomic mass is 32.1. The van der Waals surface area contributed by atoms with Crippen molar-refractivity contribution in [3.8, 4) is 5.75 Å². The first-order valence-corrected chi connectivity index (χ1v) is 11.7. The molecular formula is C24H27N3O3S. The van der Waals surface area contributed by atoms with Crippen LogP contribution in [-0.4, -0.2) is 40.0 Å². The van der Waals surface area contributed by atoms with Crippen LogP contribution in [0.4, 0.5) is 0 Å². The molecule has 1 fully saturated rings. The van der Waals surface area contributed by atoms with Crippen molar-refractivity contribution in [3.05, 3.63) is 53.0 Å². The van der Waals surface area contributed by atoms with Gasteiger partial charge in [-0.25, -0.2) is 0 Å². The van der Waals surface area contributed by atoms with E-state index >= 15 is 0 Å². The van der Waals surface area contributed by atoms with E-state index in [9.17, 15) is 9.59 Å². The van der Waals surface area contributed by atoms with E-state index in [1.54, 1.807) is 23.3 Å². The van der Waals surface area contributed by atoms with E-state index in [1.165, 1.54) is 0 Å². The smallest absolute Gasteiger partial charge is 0.271 e. The summed E-state index contributed by atoms with van der Waals surface area (Å²) < 4.78 is 8.45. The zero-order valence-electron chi connectivity index (χ0n) is 17.9. The molecule has 1 aliphatic heterocycles. The van der Waals surface area contributed by atoms with Crippen molar-refractivity contribution in [1.29, 1.82) is 0 Å². The number of thiophene rings is 1. The van der Waals surface area contributed by atoms with E-state index in [1.807, 2.05) is 53.3 Å². The van der Waals surface area contributed by atoms with Crippen LogP contribution in [-0.2, 0) is 17.9 Å². The van der Waals surface area contributed by atoms with Gasteiger partial charge < -0.3 is 19.5 Å². The molecular weight excluding hydrogens is 410 g/mol. The van der Waals surface area contributed by atoms with E-state index in [-0.39, 0.29) is 17.9 Å². The molecule has 7 heteroatoms. The Bertz CT molecular complexity index is 1140. The summed E-state index contributed by atoms with van der Waals surface area (Å²) in [7, 11) is 1.63. The van der Waals surface area contributed by atoms with Crippen molar-refractivity contribution in [3.63, 3.8) is 0 Å². The van der Waals surface area contributed by atoms with Crippen LogP contribution < -0.4 is 10.1 Å². The van der Waals surface area contributed by atoms with Gasteiger partial charge in [-0.1, -0.05) is 25.0 Å². The first-order chi connectivity index (χ1) is 15.0. The van der Waals surface area contributed by atoms with Crippen LogP contribution >= 0.6 is 11.3 Å². The molecule has 1 atom stereocenters. The Balaban J connectivity index is 1.54. The maximum Gasteiger partial charge on any atom is 0.271 e. The number of nitrogens with one attached hydrogen (secondary N) is 1. The number of rotatable bonds is 5. The molecule has 162 valence electrons. The molecule has 3 heterocycles. The second-order valence-corrected chi connectivity index (χ2v) is 9.71. The molecule has 5 rings (SSSR count). The molecule has 2 amide bonds. The van der Waals surface area contributed by atoms with Crippen LogP contribution in [0.5, 0.6) is 5.75 Å². The molecule has 1 aromatic carbocycles. The van der Waals surface area contributed by atoms with Gasteiger partial charge in [-0.15, -0.1) is 11.3 Å². The third-order valence-corrected chi connectivity index (χ3v) is 7.56. The average Bonchev–Trinajstić information content (AvgIpc) is 3.50. The normalized spacial score (nSPS) is 21.5. The number of carbonyl (C=O) groups is 2. The minimum Gasteiger partial charge on any atom is -0.497 e. The lowest BCUT2D eigenvalue weighted by Gasteiger charge is -2.44. The monoisotopic (exact) mass is 437 g/mol. The first kappa shape index (κ1) is 20.1. The third kappa shape index (κ3) is 3.41. The Morgan fingerprint density at radius 3 is 2.84 bits per heavy atom. The van der Waals surface area contributed by atoms with Crippen molar-refractivity contribution in [1.82, 2.24) is 14.8 Å². The molecule has 0 spiro atoms. The number of carbonyl (C=O) groups excluding carboxylic acids is 2. The number of nitrogens with zero attached hydrogens (tertiary/aromatic N) is 2. The lowest BCUT2D eigenvalue weighted by atomic mass is 9.93. The summed E-state index contributed by atoms with van der Waals surface area (Å²) in [5, 5.41) is 5.27. The highest BCUT2D eigenvalue weighted by Gasteiger charge is 2.48. The highest BCUT2D eigenvalue weighted by molar-refractivity contribution is 7.17. The predicted octanol–water partition coefficient (Wildman–Crippen LogP) is 4.18. The van der Waals surface area contributed by atoms with Crippen molar-refractivity contribution >= 4 is 33.4 Å². The minimum absolute atomic E-state index is 0.0709. The summed E-state index contributed by atoms with van der Waals surface area (Å²) in [5.41, 5.74) is 1.63. The molecule has 0 radical (unpaired) electrons. The van der Waals surface area contributed by atoms with Crippen LogP contribution in [0.3, 0.4) is 0 Å². The number of fused-ring (bicyclic) bond motifs is 3. The fraction of sp³-hybridized carbons (Fsp3) is 0.417. The molecule has 1 N–H and O–H groups in total. The Hall–Kier alpha value is -2.80. The summed E-state index contributed by atoms with van der Waals surface area (Å²) in [6.07, 6.45) is 4.31. The third-order valence-electron chi connectivity index (χ3n) is 6.70. The van der Waals surface area contributed by atoms with Gasteiger partial charge in [0.05, 0.1) is 23.9 Å². The summed E-state index contributed by atoms with van der Waals surface area (Å²) in [5.74, 6) is 0.558. The van der Waals surface area contributed by atoms with Crippen LogP contribution in [0.15, 0.2) is 41.8 Å². The second kappa shape index (κ2) is 7.71. The molecule has 1 aliphatic carbocycles. The molecule has 0 unspecified atom stereocenters. The number of aromatic nitrogens is 1. The summed E-state index contributed by atoms with van der Waals surface area (Å²) in [4.78, 5) is 29.1. The lowest BCUT2D eigenvalue weighted by Crippen LogP contribution is -2.64.